The summed E-state index contributed by atoms with van der Waals surface area (Å²) in [5.74, 6) is 2.20. The predicted octanol–water partition coefficient (Wildman–Crippen LogP) is 3.84. The first kappa shape index (κ1) is 14.3. The number of furan rings is 1. The summed E-state index contributed by atoms with van der Waals surface area (Å²) in [6.45, 7) is 1.89. The minimum Gasteiger partial charge on any atom is -0.468 e. The van der Waals surface area contributed by atoms with E-state index in [1.807, 2.05) is 13.0 Å². The summed E-state index contributed by atoms with van der Waals surface area (Å²) in [4.78, 5) is 11.2. The highest BCUT2D eigenvalue weighted by Gasteiger charge is 2.12. The monoisotopic (exact) mass is 317 g/mol. The molecule has 0 aliphatic heterocycles. The number of nitro groups is 1. The molecule has 0 amide bonds. The number of thioether (sulfide) groups is 1. The molecule has 0 saturated heterocycles. The minimum absolute atomic E-state index is 0.0227. The van der Waals surface area contributed by atoms with Gasteiger partial charge in [0.05, 0.1) is 16.9 Å². The molecule has 0 bridgehead atoms. The molecule has 22 heavy (non-hydrogen) atoms. The zero-order valence-corrected chi connectivity index (χ0v) is 12.4. The molecule has 112 valence electrons. The summed E-state index contributed by atoms with van der Waals surface area (Å²) in [7, 11) is 0. The highest BCUT2D eigenvalue weighted by atomic mass is 32.2. The topological polar surface area (TPSA) is 95.2 Å². The van der Waals surface area contributed by atoms with Crippen LogP contribution in [0.4, 0.5) is 5.69 Å². The molecule has 0 N–H and O–H groups in total. The van der Waals surface area contributed by atoms with E-state index in [1.54, 1.807) is 30.2 Å². The molecule has 0 spiro atoms. The molecule has 0 unspecified atom stereocenters. The van der Waals surface area contributed by atoms with Crippen LogP contribution in [0, 0.1) is 17.0 Å². The van der Waals surface area contributed by atoms with Crippen molar-refractivity contribution in [3.8, 4) is 11.5 Å². The number of nitro benzene ring substituents is 1. The van der Waals surface area contributed by atoms with E-state index in [0.29, 0.717) is 23.1 Å². The van der Waals surface area contributed by atoms with Gasteiger partial charge in [-0.25, -0.2) is 0 Å². The maximum Gasteiger partial charge on any atom is 0.269 e. The van der Waals surface area contributed by atoms with Crippen molar-refractivity contribution in [1.29, 1.82) is 0 Å². The molecule has 0 aliphatic rings. The van der Waals surface area contributed by atoms with Gasteiger partial charge in [0.15, 0.2) is 0 Å². The molecule has 8 heteroatoms. The van der Waals surface area contributed by atoms with Crippen LogP contribution in [0.1, 0.15) is 11.7 Å². The van der Waals surface area contributed by atoms with Crippen molar-refractivity contribution >= 4 is 17.4 Å². The van der Waals surface area contributed by atoms with Crippen LogP contribution in [0.15, 0.2) is 50.3 Å². The summed E-state index contributed by atoms with van der Waals surface area (Å²) in [6, 6.07) is 7.87. The van der Waals surface area contributed by atoms with Crippen LogP contribution in [-0.2, 0) is 5.75 Å². The van der Waals surface area contributed by atoms with E-state index >= 15 is 0 Å². The fourth-order valence-electron chi connectivity index (χ4n) is 1.82. The molecule has 2 aromatic heterocycles. The fraction of sp³-hybridized carbons (Fsp3) is 0.143. The number of benzene rings is 1. The van der Waals surface area contributed by atoms with Gasteiger partial charge in [0.1, 0.15) is 5.76 Å². The summed E-state index contributed by atoms with van der Waals surface area (Å²) < 4.78 is 10.8. The van der Waals surface area contributed by atoms with Crippen molar-refractivity contribution in [3.05, 3.63) is 58.4 Å². The molecule has 0 aliphatic carbocycles. The number of non-ortho nitro benzene ring substituents is 1. The average Bonchev–Trinajstić information content (AvgIpc) is 3.14. The zero-order chi connectivity index (χ0) is 15.5. The molecule has 1 aromatic carbocycles. The van der Waals surface area contributed by atoms with Crippen molar-refractivity contribution in [2.75, 3.05) is 0 Å². The molecule has 7 nitrogen and oxygen atoms in total. The van der Waals surface area contributed by atoms with E-state index in [4.69, 9.17) is 8.83 Å². The highest BCUT2D eigenvalue weighted by Crippen LogP contribution is 2.27. The lowest BCUT2D eigenvalue weighted by Crippen LogP contribution is -1.87. The second kappa shape index (κ2) is 6.02. The van der Waals surface area contributed by atoms with Crippen LogP contribution in [0.3, 0.4) is 0 Å². The van der Waals surface area contributed by atoms with E-state index < -0.39 is 4.92 Å². The Labute approximate surface area is 129 Å². The summed E-state index contributed by atoms with van der Waals surface area (Å²) in [6.07, 6.45) is 1.63. The smallest absolute Gasteiger partial charge is 0.269 e. The van der Waals surface area contributed by atoms with Gasteiger partial charge < -0.3 is 8.83 Å². The predicted molar refractivity (Wildman–Crippen MR) is 79.4 cm³/mol. The van der Waals surface area contributed by atoms with E-state index in [9.17, 15) is 10.1 Å². The molecule has 2 heterocycles. The zero-order valence-electron chi connectivity index (χ0n) is 11.6. The van der Waals surface area contributed by atoms with Gasteiger partial charge in [0, 0.05) is 22.6 Å². The molecular weight excluding hydrogens is 306 g/mol. The maximum atomic E-state index is 10.6. The largest absolute Gasteiger partial charge is 0.468 e. The summed E-state index contributed by atoms with van der Waals surface area (Å²) in [5, 5.41) is 18.6. The molecule has 3 aromatic rings. The molecular formula is C14H11N3O4S. The maximum absolute atomic E-state index is 10.6. The second-order valence-corrected chi connectivity index (χ2v) is 5.45. The average molecular weight is 317 g/mol. The summed E-state index contributed by atoms with van der Waals surface area (Å²) in [5.41, 5.74) is 0.670. The third-order valence-electron chi connectivity index (χ3n) is 2.95. The number of rotatable bonds is 5. The highest BCUT2D eigenvalue weighted by molar-refractivity contribution is 7.98. The third kappa shape index (κ3) is 3.01. The van der Waals surface area contributed by atoms with Crippen molar-refractivity contribution < 1.29 is 13.8 Å². The second-order valence-electron chi connectivity index (χ2n) is 4.43. The van der Waals surface area contributed by atoms with Crippen LogP contribution in [0.5, 0.6) is 0 Å². The Morgan fingerprint density at radius 2 is 2.00 bits per heavy atom. The van der Waals surface area contributed by atoms with E-state index in [2.05, 4.69) is 10.2 Å². The van der Waals surface area contributed by atoms with Gasteiger partial charge in [-0.05, 0) is 25.1 Å². The normalized spacial score (nSPS) is 10.8. The van der Waals surface area contributed by atoms with Crippen molar-refractivity contribution in [1.82, 2.24) is 10.2 Å². The van der Waals surface area contributed by atoms with Crippen LogP contribution >= 0.6 is 11.8 Å². The van der Waals surface area contributed by atoms with Crippen molar-refractivity contribution in [2.45, 2.75) is 17.6 Å². The van der Waals surface area contributed by atoms with E-state index in [0.717, 1.165) is 10.7 Å². The Kier molecular flexibility index (Phi) is 3.92. The first-order chi connectivity index (χ1) is 10.6. The van der Waals surface area contributed by atoms with Crippen molar-refractivity contribution in [3.63, 3.8) is 0 Å². The van der Waals surface area contributed by atoms with Gasteiger partial charge in [-0.3, -0.25) is 10.1 Å². The minimum atomic E-state index is -0.451. The number of aromatic nitrogens is 2. The van der Waals surface area contributed by atoms with Crippen molar-refractivity contribution in [2.24, 2.45) is 0 Å². The number of hydrogen-bond acceptors (Lipinski definition) is 7. The van der Waals surface area contributed by atoms with Gasteiger partial charge in [-0.1, -0.05) is 0 Å². The Bertz CT molecular complexity index is 795. The third-order valence-corrected chi connectivity index (χ3v) is 4.08. The Hall–Kier alpha value is -2.61. The number of hydrogen-bond donors (Lipinski definition) is 0. The Morgan fingerprint density at radius 1 is 1.23 bits per heavy atom. The van der Waals surface area contributed by atoms with Gasteiger partial charge in [0.25, 0.3) is 5.69 Å². The Morgan fingerprint density at radius 3 is 2.64 bits per heavy atom. The molecule has 0 fully saturated rings. The first-order valence-corrected chi connectivity index (χ1v) is 7.36. The number of aryl methyl sites for hydroxylation is 1. The molecule has 0 saturated carbocycles. The molecule has 3 rings (SSSR count). The van der Waals surface area contributed by atoms with Crippen LogP contribution < -0.4 is 0 Å². The van der Waals surface area contributed by atoms with Gasteiger partial charge in [-0.2, -0.15) is 0 Å². The van der Waals surface area contributed by atoms with Crippen LogP contribution in [0.2, 0.25) is 0 Å². The standard InChI is InChI=1S/C14H11N3O4S/c1-9-12(6-7-20-9)22-8-13-15-16-14(21-13)10-2-4-11(5-3-10)17(18)19/h2-7H,8H2,1H3. The lowest BCUT2D eigenvalue weighted by Gasteiger charge is -1.96. The Balaban J connectivity index is 1.70. The van der Waals surface area contributed by atoms with Gasteiger partial charge >= 0.3 is 0 Å². The van der Waals surface area contributed by atoms with Gasteiger partial charge in [-0.15, -0.1) is 22.0 Å². The summed E-state index contributed by atoms with van der Waals surface area (Å²) >= 11 is 1.54. The van der Waals surface area contributed by atoms with Crippen LogP contribution in [-0.4, -0.2) is 15.1 Å². The number of nitrogens with zero attached hydrogens (tertiary/aromatic N) is 3. The van der Waals surface area contributed by atoms with Gasteiger partial charge in [0.2, 0.25) is 11.8 Å². The lowest BCUT2D eigenvalue weighted by molar-refractivity contribution is -0.384. The van der Waals surface area contributed by atoms with E-state index in [1.165, 1.54) is 12.1 Å². The lowest BCUT2D eigenvalue weighted by atomic mass is 10.2. The SMILES string of the molecule is Cc1occc1SCc1nnc(-c2ccc([N+](=O)[O-])cc2)o1. The molecule has 0 atom stereocenters. The quantitative estimate of drug-likeness (QED) is 0.401. The fourth-order valence-corrected chi connectivity index (χ4v) is 2.62. The van der Waals surface area contributed by atoms with Crippen LogP contribution in [0.25, 0.3) is 11.5 Å². The van der Waals surface area contributed by atoms with E-state index in [-0.39, 0.29) is 5.69 Å². The molecule has 0 radical (unpaired) electrons. The first-order valence-electron chi connectivity index (χ1n) is 6.37.